The number of ether oxygens (including phenoxy) is 1. The molecule has 0 rings (SSSR count). The van der Waals surface area contributed by atoms with Gasteiger partial charge in [0.05, 0.1) is 0 Å². The SMILES string of the molecule is CC[C@H](C)[C@H](N)C(=O)OC[C@H](N)C(=O)O. The highest BCUT2D eigenvalue weighted by atomic mass is 16.5. The van der Waals surface area contributed by atoms with E-state index in [4.69, 9.17) is 16.6 Å². The number of carbonyl (C=O) groups is 2. The Labute approximate surface area is 88.6 Å². The average Bonchev–Trinajstić information content (AvgIpc) is 2.22. The molecule has 0 aliphatic rings. The number of rotatable bonds is 6. The summed E-state index contributed by atoms with van der Waals surface area (Å²) < 4.78 is 4.68. The molecule has 0 bridgehead atoms. The maximum absolute atomic E-state index is 11.3. The fourth-order valence-electron chi connectivity index (χ4n) is 0.826. The second-order valence-corrected chi connectivity index (χ2v) is 3.49. The van der Waals surface area contributed by atoms with Crippen LogP contribution in [0.15, 0.2) is 0 Å². The van der Waals surface area contributed by atoms with E-state index in [1.165, 1.54) is 0 Å². The van der Waals surface area contributed by atoms with Crippen molar-refractivity contribution < 1.29 is 19.4 Å². The first-order valence-electron chi connectivity index (χ1n) is 4.80. The highest BCUT2D eigenvalue weighted by molar-refractivity contribution is 5.77. The monoisotopic (exact) mass is 218 g/mol. The van der Waals surface area contributed by atoms with E-state index < -0.39 is 24.0 Å². The molecule has 0 heterocycles. The first kappa shape index (κ1) is 13.9. The second-order valence-electron chi connectivity index (χ2n) is 3.49. The van der Waals surface area contributed by atoms with Crippen LogP contribution in [0.4, 0.5) is 0 Å². The van der Waals surface area contributed by atoms with Gasteiger partial charge in [-0.25, -0.2) is 0 Å². The fraction of sp³-hybridized carbons (Fsp3) is 0.778. The molecular formula is C9H18N2O4. The van der Waals surface area contributed by atoms with E-state index in [0.29, 0.717) is 0 Å². The lowest BCUT2D eigenvalue weighted by atomic mass is 10.0. The van der Waals surface area contributed by atoms with Gasteiger partial charge >= 0.3 is 11.9 Å². The Hall–Kier alpha value is -1.14. The summed E-state index contributed by atoms with van der Waals surface area (Å²) in [7, 11) is 0. The van der Waals surface area contributed by atoms with E-state index in [1.807, 2.05) is 13.8 Å². The van der Waals surface area contributed by atoms with Gasteiger partial charge < -0.3 is 21.3 Å². The lowest BCUT2D eigenvalue weighted by Gasteiger charge is -2.17. The lowest BCUT2D eigenvalue weighted by Crippen LogP contribution is -2.42. The van der Waals surface area contributed by atoms with Crippen LogP contribution in [0.1, 0.15) is 20.3 Å². The Morgan fingerprint density at radius 2 is 1.93 bits per heavy atom. The number of nitrogens with two attached hydrogens (primary N) is 2. The Balaban J connectivity index is 3.98. The summed E-state index contributed by atoms with van der Waals surface area (Å²) in [4.78, 5) is 21.6. The molecule has 0 amide bonds. The molecule has 6 heteroatoms. The zero-order valence-electron chi connectivity index (χ0n) is 8.97. The van der Waals surface area contributed by atoms with Crippen LogP contribution in [0, 0.1) is 5.92 Å². The zero-order valence-corrected chi connectivity index (χ0v) is 8.97. The molecule has 6 nitrogen and oxygen atoms in total. The Bertz CT molecular complexity index is 232. The molecule has 0 aromatic heterocycles. The molecule has 0 aliphatic carbocycles. The first-order chi connectivity index (χ1) is 6.90. The lowest BCUT2D eigenvalue weighted by molar-refractivity contribution is -0.150. The van der Waals surface area contributed by atoms with Crippen LogP contribution in [0.2, 0.25) is 0 Å². The van der Waals surface area contributed by atoms with Gasteiger partial charge in [-0.2, -0.15) is 0 Å². The van der Waals surface area contributed by atoms with E-state index in [1.54, 1.807) is 0 Å². The summed E-state index contributed by atoms with van der Waals surface area (Å²) in [6.07, 6.45) is 0.751. The van der Waals surface area contributed by atoms with Crippen molar-refractivity contribution in [1.29, 1.82) is 0 Å². The summed E-state index contributed by atoms with van der Waals surface area (Å²) in [5, 5.41) is 8.44. The predicted molar refractivity (Wildman–Crippen MR) is 54.0 cm³/mol. The minimum absolute atomic E-state index is 0.00134. The van der Waals surface area contributed by atoms with Crippen molar-refractivity contribution in [3.05, 3.63) is 0 Å². The molecule has 0 aromatic carbocycles. The minimum atomic E-state index is -1.21. The summed E-state index contributed by atoms with van der Waals surface area (Å²) in [5.74, 6) is -1.82. The predicted octanol–water partition coefficient (Wildman–Crippen LogP) is -0.685. The van der Waals surface area contributed by atoms with Crippen LogP contribution in [-0.4, -0.2) is 35.7 Å². The molecular weight excluding hydrogens is 200 g/mol. The van der Waals surface area contributed by atoms with E-state index in [2.05, 4.69) is 4.74 Å². The van der Waals surface area contributed by atoms with Crippen LogP contribution in [0.5, 0.6) is 0 Å². The quantitative estimate of drug-likeness (QED) is 0.508. The van der Waals surface area contributed by atoms with Gasteiger partial charge in [0.2, 0.25) is 0 Å². The molecule has 0 saturated carbocycles. The maximum Gasteiger partial charge on any atom is 0.324 e. The normalized spacial score (nSPS) is 16.5. The number of carboxylic acids is 1. The second kappa shape index (κ2) is 6.36. The number of aliphatic carboxylic acids is 1. The maximum atomic E-state index is 11.3. The number of esters is 1. The number of carboxylic acid groups (broad SMARTS) is 1. The standard InChI is InChI=1S/C9H18N2O4/c1-3-5(2)7(11)9(14)15-4-6(10)8(12)13/h5-7H,3-4,10-11H2,1-2H3,(H,12,13)/t5-,6-,7-/m0/s1. The molecule has 0 aliphatic heterocycles. The molecule has 0 unspecified atom stereocenters. The van der Waals surface area contributed by atoms with Gasteiger partial charge in [-0.05, 0) is 5.92 Å². The highest BCUT2D eigenvalue weighted by Gasteiger charge is 2.22. The highest BCUT2D eigenvalue weighted by Crippen LogP contribution is 2.06. The van der Waals surface area contributed by atoms with Crippen molar-refractivity contribution in [3.8, 4) is 0 Å². The summed E-state index contributed by atoms with van der Waals surface area (Å²) in [6, 6.07) is -1.92. The van der Waals surface area contributed by atoms with Crippen molar-refractivity contribution in [2.45, 2.75) is 32.4 Å². The van der Waals surface area contributed by atoms with Gasteiger partial charge in [-0.15, -0.1) is 0 Å². The van der Waals surface area contributed by atoms with Crippen LogP contribution in [0.3, 0.4) is 0 Å². The Morgan fingerprint density at radius 3 is 2.33 bits per heavy atom. The third-order valence-electron chi connectivity index (χ3n) is 2.25. The molecule has 0 saturated heterocycles. The van der Waals surface area contributed by atoms with Crippen molar-refractivity contribution in [1.82, 2.24) is 0 Å². The third-order valence-corrected chi connectivity index (χ3v) is 2.25. The van der Waals surface area contributed by atoms with Gasteiger partial charge in [0, 0.05) is 0 Å². The number of hydrogen-bond donors (Lipinski definition) is 3. The third kappa shape index (κ3) is 4.75. The number of hydrogen-bond acceptors (Lipinski definition) is 5. The molecule has 5 N–H and O–H groups in total. The first-order valence-corrected chi connectivity index (χ1v) is 4.80. The molecule has 3 atom stereocenters. The molecule has 88 valence electrons. The minimum Gasteiger partial charge on any atom is -0.480 e. The fourth-order valence-corrected chi connectivity index (χ4v) is 0.826. The van der Waals surface area contributed by atoms with Crippen molar-refractivity contribution in [2.24, 2.45) is 17.4 Å². The van der Waals surface area contributed by atoms with Crippen molar-refractivity contribution in [2.75, 3.05) is 6.61 Å². The number of carbonyl (C=O) groups excluding carboxylic acids is 1. The van der Waals surface area contributed by atoms with E-state index in [9.17, 15) is 9.59 Å². The van der Waals surface area contributed by atoms with Crippen LogP contribution in [-0.2, 0) is 14.3 Å². The van der Waals surface area contributed by atoms with E-state index >= 15 is 0 Å². The van der Waals surface area contributed by atoms with Gasteiger partial charge in [0.15, 0.2) is 0 Å². The van der Waals surface area contributed by atoms with Gasteiger partial charge in [0.1, 0.15) is 18.7 Å². The molecule has 0 fully saturated rings. The topological polar surface area (TPSA) is 116 Å². The molecule has 0 spiro atoms. The largest absolute Gasteiger partial charge is 0.480 e. The molecule has 0 aromatic rings. The Kier molecular flexibility index (Phi) is 5.88. The zero-order chi connectivity index (χ0) is 12.0. The summed E-state index contributed by atoms with van der Waals surface area (Å²) in [6.45, 7) is 3.38. The summed E-state index contributed by atoms with van der Waals surface area (Å²) >= 11 is 0. The van der Waals surface area contributed by atoms with Crippen LogP contribution in [0.25, 0.3) is 0 Å². The molecule has 15 heavy (non-hydrogen) atoms. The van der Waals surface area contributed by atoms with E-state index in [-0.39, 0.29) is 12.5 Å². The average molecular weight is 218 g/mol. The summed E-state index contributed by atoms with van der Waals surface area (Å²) in [5.41, 5.74) is 10.7. The van der Waals surface area contributed by atoms with Crippen molar-refractivity contribution in [3.63, 3.8) is 0 Å². The van der Waals surface area contributed by atoms with Gasteiger partial charge in [-0.3, -0.25) is 9.59 Å². The van der Waals surface area contributed by atoms with Crippen molar-refractivity contribution >= 4 is 11.9 Å². The van der Waals surface area contributed by atoms with Gasteiger partial charge in [0.25, 0.3) is 0 Å². The van der Waals surface area contributed by atoms with Gasteiger partial charge in [-0.1, -0.05) is 20.3 Å². The van der Waals surface area contributed by atoms with E-state index in [0.717, 1.165) is 6.42 Å². The van der Waals surface area contributed by atoms with Crippen LogP contribution >= 0.6 is 0 Å². The Morgan fingerprint density at radius 1 is 1.40 bits per heavy atom. The smallest absolute Gasteiger partial charge is 0.324 e. The molecule has 0 radical (unpaired) electrons. The van der Waals surface area contributed by atoms with Crippen LogP contribution < -0.4 is 11.5 Å².